The number of aromatic hydroxyl groups is 2. The van der Waals surface area contributed by atoms with E-state index in [1.54, 1.807) is 39.2 Å². The number of phenolic OH excluding ortho intramolecular Hbond substituents is 2. The summed E-state index contributed by atoms with van der Waals surface area (Å²) in [5.41, 5.74) is 0.139. The maximum atomic E-state index is 14.7. The number of allylic oxidation sites excluding steroid dienone is 2. The lowest BCUT2D eigenvalue weighted by Gasteiger charge is -2.49. The highest BCUT2D eigenvalue weighted by Gasteiger charge is 2.51. The van der Waals surface area contributed by atoms with Gasteiger partial charge in [0.25, 0.3) is 11.7 Å². The smallest absolute Gasteiger partial charge is 0.312 e. The zero-order chi connectivity index (χ0) is 44.5. The molecule has 0 saturated carbocycles. The van der Waals surface area contributed by atoms with Crippen molar-refractivity contribution in [2.75, 3.05) is 32.1 Å². The van der Waals surface area contributed by atoms with Gasteiger partial charge in [-0.15, -0.1) is 0 Å². The first-order valence-corrected chi connectivity index (χ1v) is 21.7. The molecule has 2 fully saturated rings. The van der Waals surface area contributed by atoms with Crippen LogP contribution in [0.15, 0.2) is 46.1 Å². The summed E-state index contributed by atoms with van der Waals surface area (Å²) in [6, 6.07) is 0. The lowest BCUT2D eigenvalue weighted by molar-refractivity contribution is -0.336. The molecule has 332 valence electrons. The van der Waals surface area contributed by atoms with E-state index >= 15 is 0 Å². The number of ketones is 1. The Bertz CT molecular complexity index is 2310. The Balaban J connectivity index is 1.41. The first-order chi connectivity index (χ1) is 28.6. The molecule has 0 radical (unpaired) electrons. The van der Waals surface area contributed by atoms with Gasteiger partial charge in [-0.3, -0.25) is 14.6 Å². The number of nitrogens with zero attached hydrogens (tertiary/aromatic N) is 3. The Kier molecular flexibility index (Phi) is 12.0. The largest absolute Gasteiger partial charge is 0.507 e. The molecule has 61 heavy (non-hydrogen) atoms. The Hall–Kier alpha value is -4.34. The summed E-state index contributed by atoms with van der Waals surface area (Å²) in [4.78, 5) is 40.8. The number of likely N-dealkylation sites (tertiary alicyclic amines) is 1. The maximum absolute atomic E-state index is 14.7. The van der Waals surface area contributed by atoms with Crippen LogP contribution in [0.4, 0.5) is 5.69 Å². The van der Waals surface area contributed by atoms with Crippen molar-refractivity contribution in [2.24, 2.45) is 39.6 Å². The molecule has 2 aromatic carbocycles. The van der Waals surface area contributed by atoms with Gasteiger partial charge in [-0.2, -0.15) is 0 Å². The van der Waals surface area contributed by atoms with E-state index in [1.165, 1.54) is 13.2 Å². The van der Waals surface area contributed by atoms with Gasteiger partial charge in [0.2, 0.25) is 0 Å². The number of methoxy groups -OCH3 is 1. The maximum Gasteiger partial charge on any atom is 0.312 e. The number of rotatable bonds is 3. The quantitative estimate of drug-likeness (QED) is 0.266. The molecule has 6 aliphatic rings. The predicted molar refractivity (Wildman–Crippen MR) is 230 cm³/mol. The Morgan fingerprint density at radius 3 is 2.26 bits per heavy atom. The van der Waals surface area contributed by atoms with Gasteiger partial charge >= 0.3 is 5.79 Å². The molecule has 0 aliphatic carbocycles. The van der Waals surface area contributed by atoms with Crippen molar-refractivity contribution in [2.45, 2.75) is 131 Å². The predicted octanol–water partition coefficient (Wildman–Crippen LogP) is 5.98. The number of piperidine rings is 1. The lowest BCUT2D eigenvalue weighted by Crippen LogP contribution is -2.56. The van der Waals surface area contributed by atoms with Crippen LogP contribution in [0.5, 0.6) is 17.2 Å². The van der Waals surface area contributed by atoms with Crippen LogP contribution >= 0.6 is 0 Å². The Morgan fingerprint density at radius 1 is 0.934 bits per heavy atom. The van der Waals surface area contributed by atoms with Gasteiger partial charge in [0.15, 0.2) is 11.5 Å². The van der Waals surface area contributed by atoms with E-state index in [0.717, 1.165) is 19.6 Å². The van der Waals surface area contributed by atoms with Crippen molar-refractivity contribution in [3.8, 4) is 17.2 Å². The summed E-state index contributed by atoms with van der Waals surface area (Å²) in [5.74, 6) is -5.25. The zero-order valence-electron chi connectivity index (χ0n) is 37.7. The molecule has 4 N–H and O–H groups in total. The number of aliphatic hydroxyl groups excluding tert-OH is 1. The van der Waals surface area contributed by atoms with Gasteiger partial charge in [-0.25, -0.2) is 4.99 Å². The first-order valence-electron chi connectivity index (χ1n) is 21.7. The summed E-state index contributed by atoms with van der Waals surface area (Å²) in [7, 11) is 1.54. The third-order valence-electron chi connectivity index (χ3n) is 13.4. The van der Waals surface area contributed by atoms with E-state index in [1.807, 2.05) is 40.7 Å². The van der Waals surface area contributed by atoms with E-state index < -0.39 is 52.8 Å². The number of benzene rings is 2. The van der Waals surface area contributed by atoms with E-state index in [-0.39, 0.29) is 74.1 Å². The van der Waals surface area contributed by atoms with Crippen LogP contribution in [0.25, 0.3) is 10.8 Å². The van der Waals surface area contributed by atoms with E-state index in [9.17, 15) is 24.9 Å². The number of nitrogens with one attached hydrogen (secondary N) is 1. The van der Waals surface area contributed by atoms with E-state index in [0.29, 0.717) is 30.0 Å². The molecular weight excluding hydrogens is 781 g/mol. The summed E-state index contributed by atoms with van der Waals surface area (Å²) in [6.07, 6.45) is 7.47. The van der Waals surface area contributed by atoms with Gasteiger partial charge in [0, 0.05) is 86.7 Å². The average Bonchev–Trinajstić information content (AvgIpc) is 3.70. The van der Waals surface area contributed by atoms with Gasteiger partial charge in [-0.1, -0.05) is 59.8 Å². The van der Waals surface area contributed by atoms with Crippen LogP contribution in [0.1, 0.15) is 98.0 Å². The summed E-state index contributed by atoms with van der Waals surface area (Å²) in [6.45, 7) is 23.2. The van der Waals surface area contributed by atoms with Crippen molar-refractivity contribution in [1.29, 1.82) is 0 Å². The number of carbonyl (C=O) groups is 2. The number of aliphatic hydroxyl groups is 1. The Morgan fingerprint density at radius 2 is 1.61 bits per heavy atom. The number of hydrogen-bond donors (Lipinski definition) is 4. The van der Waals surface area contributed by atoms with Crippen molar-refractivity contribution in [3.63, 3.8) is 0 Å². The third kappa shape index (κ3) is 7.99. The number of ether oxygens (including phenoxy) is 5. The average molecular weight is 845 g/mol. The molecule has 1 spiro atoms. The van der Waals surface area contributed by atoms with Crippen molar-refractivity contribution in [3.05, 3.63) is 58.0 Å². The van der Waals surface area contributed by atoms with Crippen LogP contribution in [0.2, 0.25) is 0 Å². The molecule has 6 heterocycles. The van der Waals surface area contributed by atoms with E-state index in [4.69, 9.17) is 28.7 Å². The molecule has 9 atom stereocenters. The SMILES string of the molecule is CO[C@H]1/C=C/O[C@@]2(C)Oc3c(C)c(O)c4c(O)c(c5c(c4c3C2=O)NC2(CCN(CC(C)C)CC2)N=5)=NC(=O)/C(C)=C\C=C\[C@H](C)[C@@H]2OC(C)(C)O[C@@H]([C@@H](C)[C@H](O)[C@@H]1C)[C@@H]2C. The highest BCUT2D eigenvalue weighted by atomic mass is 16.7. The van der Waals surface area contributed by atoms with Crippen LogP contribution in [0, 0.1) is 36.5 Å². The number of amides is 1. The minimum absolute atomic E-state index is 0.0525. The fourth-order valence-corrected chi connectivity index (χ4v) is 9.93. The minimum Gasteiger partial charge on any atom is -0.507 e. The van der Waals surface area contributed by atoms with Gasteiger partial charge < -0.3 is 49.2 Å². The molecule has 2 aromatic rings. The lowest BCUT2D eigenvalue weighted by atomic mass is 9.77. The van der Waals surface area contributed by atoms with Crippen LogP contribution in [0.3, 0.4) is 0 Å². The number of Topliss-reactive ketones (excluding diaryl/α,β-unsaturated/α-hetero) is 1. The topological polar surface area (TPSA) is 181 Å². The summed E-state index contributed by atoms with van der Waals surface area (Å²) < 4.78 is 31.3. The van der Waals surface area contributed by atoms with Crippen molar-refractivity contribution < 1.29 is 48.6 Å². The van der Waals surface area contributed by atoms with Crippen LogP contribution in [-0.2, 0) is 23.7 Å². The Labute approximate surface area is 358 Å². The normalized spacial score (nSPS) is 34.6. The molecule has 7 bridgehead atoms. The molecule has 6 aliphatic heterocycles. The minimum atomic E-state index is -1.89. The van der Waals surface area contributed by atoms with Gasteiger partial charge in [0.1, 0.15) is 27.9 Å². The molecule has 0 aromatic heterocycles. The molecule has 14 nitrogen and oxygen atoms in total. The third-order valence-corrected chi connectivity index (χ3v) is 13.4. The monoisotopic (exact) mass is 844 g/mol. The molecule has 1 amide bonds. The zero-order valence-corrected chi connectivity index (χ0v) is 37.7. The highest BCUT2D eigenvalue weighted by molar-refractivity contribution is 6.21. The number of hydrogen-bond acceptors (Lipinski definition) is 13. The van der Waals surface area contributed by atoms with Crippen LogP contribution in [-0.4, -0.2) is 100 Å². The van der Waals surface area contributed by atoms with E-state index in [2.05, 4.69) is 36.0 Å². The standard InChI is InChI=1S/C47H64N4O10/c1-23(2)22-51-19-17-47(18-20-51)49-34-31-32-38(53)28(7)42-33(31)43(55)46(11,61-42)58-21-16-30(57-12)26(5)37(52)27(6)41-29(8)40(59-45(9,10)60-41)24(3)14-13-15-25(4)44(56)48-36(39(32)54)35(34)50-47/h13-16,21,23-24,26-27,29-30,37,40-41,49,52-54H,17-20,22H2,1-12H3/b14-13+,21-16+,25-15-,48-36?/t24-,26+,27-,29+,30-,37+,40-,41-,46-/m0/s1. The van der Waals surface area contributed by atoms with Gasteiger partial charge in [0.05, 0.1) is 47.3 Å². The second kappa shape index (κ2) is 16.4. The first kappa shape index (κ1) is 44.7. The molecule has 14 heteroatoms. The molecule has 8 rings (SSSR count). The summed E-state index contributed by atoms with van der Waals surface area (Å²) >= 11 is 0. The molecular formula is C47H64N4O10. The van der Waals surface area contributed by atoms with Gasteiger partial charge in [-0.05, 0) is 39.7 Å². The number of anilines is 1. The van der Waals surface area contributed by atoms with Crippen LogP contribution < -0.4 is 20.8 Å². The number of fused-ring (bicyclic) bond motifs is 9. The highest BCUT2D eigenvalue weighted by Crippen LogP contribution is 2.51. The molecule has 2 saturated heterocycles. The number of carbonyl (C=O) groups excluding carboxylic acids is 2. The second-order valence-corrected chi connectivity index (χ2v) is 19.0. The fourth-order valence-electron chi connectivity index (χ4n) is 9.93. The van der Waals surface area contributed by atoms with Crippen molar-refractivity contribution in [1.82, 2.24) is 4.90 Å². The number of phenols is 2. The summed E-state index contributed by atoms with van der Waals surface area (Å²) in [5, 5.41) is 39.7. The molecule has 0 unspecified atom stereocenters. The fraction of sp³-hybridized carbons (Fsp3) is 0.617. The van der Waals surface area contributed by atoms with Crippen molar-refractivity contribution >= 4 is 28.2 Å². The second-order valence-electron chi connectivity index (χ2n) is 19.0.